The first-order valence-electron chi connectivity index (χ1n) is 7.82. The van der Waals surface area contributed by atoms with Gasteiger partial charge in [0.1, 0.15) is 0 Å². The third-order valence-corrected chi connectivity index (χ3v) is 3.68. The third-order valence-electron chi connectivity index (χ3n) is 3.68. The van der Waals surface area contributed by atoms with Crippen LogP contribution in [0.2, 0.25) is 0 Å². The number of hydrogen-bond acceptors (Lipinski definition) is 7. The molecule has 1 amide bonds. The number of para-hydroxylation sites is 1. The number of hydrogen-bond donors (Lipinski definition) is 1. The summed E-state index contributed by atoms with van der Waals surface area (Å²) in [5, 5.41) is 10.3. The van der Waals surface area contributed by atoms with Gasteiger partial charge in [0.25, 0.3) is 5.91 Å². The van der Waals surface area contributed by atoms with Crippen molar-refractivity contribution in [1.82, 2.24) is 20.3 Å². The maximum absolute atomic E-state index is 12.2. The average molecular weight is 347 g/mol. The van der Waals surface area contributed by atoms with E-state index in [-0.39, 0.29) is 11.7 Å². The van der Waals surface area contributed by atoms with Gasteiger partial charge in [-0.15, -0.1) is 0 Å². The molecule has 0 bridgehead atoms. The number of amides is 1. The van der Waals surface area contributed by atoms with Crippen LogP contribution in [0.1, 0.15) is 22.0 Å². The van der Waals surface area contributed by atoms with E-state index < -0.39 is 0 Å². The van der Waals surface area contributed by atoms with Gasteiger partial charge in [0.05, 0.1) is 12.6 Å². The molecule has 1 N–H and O–H groups in total. The average Bonchev–Trinajstić information content (AvgIpc) is 3.36. The molecule has 0 unspecified atom stereocenters. The van der Waals surface area contributed by atoms with Gasteiger partial charge >= 0.3 is 0 Å². The first-order chi connectivity index (χ1) is 12.8. The van der Waals surface area contributed by atoms with Crippen LogP contribution in [-0.2, 0) is 6.42 Å². The van der Waals surface area contributed by atoms with Crippen molar-refractivity contribution in [2.45, 2.75) is 6.42 Å². The number of carbonyl (C=O) groups is 1. The SMILES string of the molecule is O=C(Nc1ccccc1Cc1nc(-c2ccncc2)no1)c1ccno1. The molecule has 0 aliphatic heterocycles. The molecule has 0 atom stereocenters. The van der Waals surface area contributed by atoms with Gasteiger partial charge < -0.3 is 14.4 Å². The van der Waals surface area contributed by atoms with Crippen molar-refractivity contribution in [3.05, 3.63) is 78.3 Å². The molecule has 0 fully saturated rings. The molecule has 0 aliphatic rings. The zero-order valence-corrected chi connectivity index (χ0v) is 13.5. The molecule has 4 rings (SSSR count). The van der Waals surface area contributed by atoms with Crippen LogP contribution in [0.5, 0.6) is 0 Å². The maximum Gasteiger partial charge on any atom is 0.294 e. The number of rotatable bonds is 5. The molecule has 3 aromatic heterocycles. The van der Waals surface area contributed by atoms with Crippen LogP contribution in [0.15, 0.2) is 70.1 Å². The van der Waals surface area contributed by atoms with Crippen molar-refractivity contribution >= 4 is 11.6 Å². The second-order valence-electron chi connectivity index (χ2n) is 5.41. The van der Waals surface area contributed by atoms with Gasteiger partial charge in [-0.2, -0.15) is 4.98 Å². The van der Waals surface area contributed by atoms with E-state index in [0.29, 0.717) is 23.8 Å². The number of nitrogens with zero attached hydrogens (tertiary/aromatic N) is 4. The van der Waals surface area contributed by atoms with Gasteiger partial charge in [0.2, 0.25) is 17.5 Å². The highest BCUT2D eigenvalue weighted by atomic mass is 16.5. The fraction of sp³-hybridized carbons (Fsp3) is 0.0556. The monoisotopic (exact) mass is 347 g/mol. The maximum atomic E-state index is 12.2. The summed E-state index contributed by atoms with van der Waals surface area (Å²) in [5.41, 5.74) is 2.30. The highest BCUT2D eigenvalue weighted by Crippen LogP contribution is 2.21. The minimum Gasteiger partial charge on any atom is -0.351 e. The predicted molar refractivity (Wildman–Crippen MR) is 91.2 cm³/mol. The first kappa shape index (κ1) is 15.7. The first-order valence-corrected chi connectivity index (χ1v) is 7.82. The van der Waals surface area contributed by atoms with Crippen LogP contribution in [-0.4, -0.2) is 26.2 Å². The second-order valence-corrected chi connectivity index (χ2v) is 5.41. The summed E-state index contributed by atoms with van der Waals surface area (Å²) in [5.74, 6) is 0.694. The number of pyridine rings is 1. The van der Waals surface area contributed by atoms with E-state index in [1.807, 2.05) is 18.2 Å². The Morgan fingerprint density at radius 2 is 1.85 bits per heavy atom. The van der Waals surface area contributed by atoms with Gasteiger partial charge in [0.15, 0.2) is 0 Å². The molecule has 26 heavy (non-hydrogen) atoms. The normalized spacial score (nSPS) is 10.6. The largest absolute Gasteiger partial charge is 0.351 e. The summed E-state index contributed by atoms with van der Waals surface area (Å²) in [4.78, 5) is 20.5. The smallest absolute Gasteiger partial charge is 0.294 e. The van der Waals surface area contributed by atoms with Crippen LogP contribution in [0.4, 0.5) is 5.69 Å². The molecule has 0 saturated heterocycles. The Bertz CT molecular complexity index is 1010. The number of benzene rings is 1. The van der Waals surface area contributed by atoms with E-state index in [0.717, 1.165) is 11.1 Å². The van der Waals surface area contributed by atoms with E-state index >= 15 is 0 Å². The molecular weight excluding hydrogens is 334 g/mol. The Labute approximate surface area is 147 Å². The summed E-state index contributed by atoms with van der Waals surface area (Å²) in [6.07, 6.45) is 5.13. The molecule has 3 heterocycles. The molecular formula is C18H13N5O3. The minimum absolute atomic E-state index is 0.137. The molecule has 0 radical (unpaired) electrons. The fourth-order valence-electron chi connectivity index (χ4n) is 2.42. The lowest BCUT2D eigenvalue weighted by Crippen LogP contribution is -2.12. The third kappa shape index (κ3) is 3.34. The summed E-state index contributed by atoms with van der Waals surface area (Å²) >= 11 is 0. The van der Waals surface area contributed by atoms with Gasteiger partial charge in [-0.25, -0.2) is 0 Å². The van der Waals surface area contributed by atoms with Crippen LogP contribution in [0, 0.1) is 0 Å². The highest BCUT2D eigenvalue weighted by Gasteiger charge is 2.15. The second kappa shape index (κ2) is 6.98. The standard InChI is InChI=1S/C18H13N5O3/c24-18(15-7-10-20-25-15)21-14-4-2-1-3-13(14)11-16-22-17(23-26-16)12-5-8-19-9-6-12/h1-10H,11H2,(H,21,24). The van der Waals surface area contributed by atoms with Gasteiger partial charge in [0, 0.05) is 29.7 Å². The van der Waals surface area contributed by atoms with Crippen LogP contribution in [0.25, 0.3) is 11.4 Å². The predicted octanol–water partition coefficient (Wildman–Crippen LogP) is 2.96. The summed E-state index contributed by atoms with van der Waals surface area (Å²) in [7, 11) is 0. The molecule has 128 valence electrons. The quantitative estimate of drug-likeness (QED) is 0.591. The molecule has 0 saturated carbocycles. The highest BCUT2D eigenvalue weighted by molar-refractivity contribution is 6.02. The molecule has 4 aromatic rings. The zero-order chi connectivity index (χ0) is 17.8. The number of carbonyl (C=O) groups excluding carboxylic acids is 1. The summed E-state index contributed by atoms with van der Waals surface area (Å²) in [6.45, 7) is 0. The van der Waals surface area contributed by atoms with Crippen molar-refractivity contribution in [3.63, 3.8) is 0 Å². The van der Waals surface area contributed by atoms with E-state index in [1.54, 1.807) is 30.6 Å². The number of nitrogens with one attached hydrogen (secondary N) is 1. The molecule has 0 aliphatic carbocycles. The summed E-state index contributed by atoms with van der Waals surface area (Å²) < 4.78 is 10.2. The molecule has 8 heteroatoms. The van der Waals surface area contributed by atoms with Crippen molar-refractivity contribution < 1.29 is 13.8 Å². The van der Waals surface area contributed by atoms with E-state index in [1.165, 1.54) is 12.3 Å². The zero-order valence-electron chi connectivity index (χ0n) is 13.5. The van der Waals surface area contributed by atoms with Crippen LogP contribution < -0.4 is 5.32 Å². The Balaban J connectivity index is 1.54. The van der Waals surface area contributed by atoms with Crippen molar-refractivity contribution in [1.29, 1.82) is 0 Å². The fourth-order valence-corrected chi connectivity index (χ4v) is 2.42. The molecule has 8 nitrogen and oxygen atoms in total. The van der Waals surface area contributed by atoms with E-state index in [4.69, 9.17) is 9.05 Å². The van der Waals surface area contributed by atoms with Gasteiger partial charge in [-0.3, -0.25) is 9.78 Å². The van der Waals surface area contributed by atoms with Crippen LogP contribution >= 0.6 is 0 Å². The number of anilines is 1. The van der Waals surface area contributed by atoms with Gasteiger partial charge in [-0.05, 0) is 23.8 Å². The molecule has 1 aromatic carbocycles. The van der Waals surface area contributed by atoms with E-state index in [9.17, 15) is 4.79 Å². The Kier molecular flexibility index (Phi) is 4.21. The van der Waals surface area contributed by atoms with Gasteiger partial charge in [-0.1, -0.05) is 28.5 Å². The summed E-state index contributed by atoms with van der Waals surface area (Å²) in [6, 6.07) is 12.5. The van der Waals surface area contributed by atoms with Crippen molar-refractivity contribution in [2.24, 2.45) is 0 Å². The lowest BCUT2D eigenvalue weighted by molar-refractivity contribution is 0.0988. The Morgan fingerprint density at radius 3 is 2.65 bits per heavy atom. The Hall–Kier alpha value is -3.81. The number of aromatic nitrogens is 4. The topological polar surface area (TPSA) is 107 Å². The minimum atomic E-state index is -0.377. The Morgan fingerprint density at radius 1 is 1.00 bits per heavy atom. The van der Waals surface area contributed by atoms with Crippen LogP contribution in [0.3, 0.4) is 0 Å². The molecule has 0 spiro atoms. The van der Waals surface area contributed by atoms with Crippen molar-refractivity contribution in [3.8, 4) is 11.4 Å². The van der Waals surface area contributed by atoms with E-state index in [2.05, 4.69) is 25.6 Å². The lowest BCUT2D eigenvalue weighted by atomic mass is 10.1. The lowest BCUT2D eigenvalue weighted by Gasteiger charge is -2.08. The van der Waals surface area contributed by atoms with Crippen molar-refractivity contribution in [2.75, 3.05) is 5.32 Å².